The third-order valence-corrected chi connectivity index (χ3v) is 3.69. The molecule has 20 heavy (non-hydrogen) atoms. The predicted molar refractivity (Wildman–Crippen MR) is 73.4 cm³/mol. The van der Waals surface area contributed by atoms with Gasteiger partial charge in [0, 0.05) is 12.7 Å². The molecule has 108 valence electrons. The third kappa shape index (κ3) is 2.87. The minimum atomic E-state index is -3.93. The number of ether oxygens (including phenoxy) is 1. The molecule has 8 heteroatoms. The molecule has 0 radical (unpaired) electrons. The number of nitrogens with two attached hydrogens (primary N) is 1. The predicted octanol–water partition coefficient (Wildman–Crippen LogP) is 0.547. The van der Waals surface area contributed by atoms with Crippen molar-refractivity contribution in [1.82, 2.24) is 14.8 Å². The fourth-order valence-electron chi connectivity index (χ4n) is 1.91. The molecule has 0 unspecified atom stereocenters. The molecule has 7 nitrogen and oxygen atoms in total. The van der Waals surface area contributed by atoms with Gasteiger partial charge in [-0.05, 0) is 12.5 Å². The van der Waals surface area contributed by atoms with E-state index in [0.29, 0.717) is 19.0 Å². The Balaban J connectivity index is 2.60. The van der Waals surface area contributed by atoms with Crippen LogP contribution in [0.25, 0.3) is 11.4 Å². The molecule has 0 aliphatic heterocycles. The van der Waals surface area contributed by atoms with Crippen molar-refractivity contribution in [1.29, 1.82) is 0 Å². The Labute approximate surface area is 117 Å². The van der Waals surface area contributed by atoms with Gasteiger partial charge in [0.15, 0.2) is 5.82 Å². The Morgan fingerprint density at radius 1 is 1.30 bits per heavy atom. The van der Waals surface area contributed by atoms with E-state index in [0.717, 1.165) is 11.1 Å². The van der Waals surface area contributed by atoms with Gasteiger partial charge in [0.2, 0.25) is 0 Å². The van der Waals surface area contributed by atoms with Crippen LogP contribution in [0.5, 0.6) is 0 Å². The lowest BCUT2D eigenvalue weighted by Crippen LogP contribution is -2.20. The van der Waals surface area contributed by atoms with Crippen LogP contribution < -0.4 is 5.14 Å². The number of hydrogen-bond acceptors (Lipinski definition) is 5. The molecule has 0 bridgehead atoms. The second-order valence-corrected chi connectivity index (χ2v) is 5.77. The lowest BCUT2D eigenvalue weighted by molar-refractivity contribution is 0.185. The molecule has 0 fully saturated rings. The van der Waals surface area contributed by atoms with Crippen molar-refractivity contribution in [3.8, 4) is 11.4 Å². The van der Waals surface area contributed by atoms with E-state index in [9.17, 15) is 8.42 Å². The van der Waals surface area contributed by atoms with Gasteiger partial charge in [-0.3, -0.25) is 4.57 Å². The molecular formula is C12H16N4O3S. The van der Waals surface area contributed by atoms with E-state index in [2.05, 4.69) is 10.2 Å². The summed E-state index contributed by atoms with van der Waals surface area (Å²) >= 11 is 0. The lowest BCUT2D eigenvalue weighted by atomic mass is 10.1. The maximum atomic E-state index is 11.6. The Bertz CT molecular complexity index is 709. The summed E-state index contributed by atoms with van der Waals surface area (Å²) in [6.45, 7) is 2.56. The molecule has 0 saturated heterocycles. The number of hydrogen-bond donors (Lipinski definition) is 1. The number of aromatic nitrogens is 3. The van der Waals surface area contributed by atoms with Gasteiger partial charge in [-0.2, -0.15) is 0 Å². The highest BCUT2D eigenvalue weighted by atomic mass is 32.2. The van der Waals surface area contributed by atoms with Gasteiger partial charge in [0.1, 0.15) is 0 Å². The Kier molecular flexibility index (Phi) is 4.17. The van der Waals surface area contributed by atoms with Crippen LogP contribution in [-0.2, 0) is 21.3 Å². The van der Waals surface area contributed by atoms with E-state index < -0.39 is 10.0 Å². The molecule has 0 atom stereocenters. The van der Waals surface area contributed by atoms with Gasteiger partial charge in [-0.25, -0.2) is 13.6 Å². The summed E-state index contributed by atoms with van der Waals surface area (Å²) in [5.41, 5.74) is 1.78. The van der Waals surface area contributed by atoms with Crippen molar-refractivity contribution in [2.45, 2.75) is 18.6 Å². The normalized spacial score (nSPS) is 11.8. The van der Waals surface area contributed by atoms with E-state index in [1.807, 2.05) is 31.2 Å². The van der Waals surface area contributed by atoms with E-state index in [1.54, 1.807) is 0 Å². The number of methoxy groups -OCH3 is 1. The van der Waals surface area contributed by atoms with Crippen molar-refractivity contribution in [2.75, 3.05) is 13.7 Å². The van der Waals surface area contributed by atoms with Gasteiger partial charge in [-0.15, -0.1) is 10.2 Å². The molecule has 0 aliphatic rings. The van der Waals surface area contributed by atoms with Crippen molar-refractivity contribution in [3.05, 3.63) is 29.8 Å². The largest absolute Gasteiger partial charge is 0.383 e. The molecule has 0 amide bonds. The Hall–Kier alpha value is -1.77. The minimum Gasteiger partial charge on any atom is -0.383 e. The number of sulfonamides is 1. The summed E-state index contributed by atoms with van der Waals surface area (Å²) in [7, 11) is -2.39. The molecule has 2 rings (SSSR count). The first-order chi connectivity index (χ1) is 9.45. The topological polar surface area (TPSA) is 100 Å². The smallest absolute Gasteiger partial charge is 0.273 e. The fraction of sp³-hybridized carbons (Fsp3) is 0.333. The first kappa shape index (κ1) is 14.6. The first-order valence-corrected chi connectivity index (χ1v) is 7.50. The van der Waals surface area contributed by atoms with E-state index in [4.69, 9.17) is 9.88 Å². The summed E-state index contributed by atoms with van der Waals surface area (Å²) in [5.74, 6) is 0.462. The average Bonchev–Trinajstić information content (AvgIpc) is 2.80. The maximum Gasteiger partial charge on any atom is 0.273 e. The van der Waals surface area contributed by atoms with Crippen LogP contribution in [0.3, 0.4) is 0 Å². The van der Waals surface area contributed by atoms with E-state index in [-0.39, 0.29) is 5.16 Å². The molecule has 0 aliphatic carbocycles. The minimum absolute atomic E-state index is 0.257. The molecule has 0 spiro atoms. The first-order valence-electron chi connectivity index (χ1n) is 5.96. The summed E-state index contributed by atoms with van der Waals surface area (Å²) < 4.78 is 29.6. The second kappa shape index (κ2) is 5.70. The summed E-state index contributed by atoms with van der Waals surface area (Å²) in [6.07, 6.45) is 0. The monoisotopic (exact) mass is 296 g/mol. The molecule has 2 N–H and O–H groups in total. The zero-order chi connectivity index (χ0) is 14.8. The van der Waals surface area contributed by atoms with Crippen molar-refractivity contribution in [2.24, 2.45) is 5.14 Å². The van der Waals surface area contributed by atoms with Crippen LogP contribution in [0.2, 0.25) is 0 Å². The summed E-state index contributed by atoms with van der Waals surface area (Å²) in [5, 5.41) is 12.6. The van der Waals surface area contributed by atoms with Gasteiger partial charge < -0.3 is 4.74 Å². The van der Waals surface area contributed by atoms with Crippen molar-refractivity contribution >= 4 is 10.0 Å². The fourth-order valence-corrected chi connectivity index (χ4v) is 2.55. The lowest BCUT2D eigenvalue weighted by Gasteiger charge is -2.10. The van der Waals surface area contributed by atoms with E-state index >= 15 is 0 Å². The van der Waals surface area contributed by atoms with Crippen LogP contribution in [0.1, 0.15) is 5.56 Å². The van der Waals surface area contributed by atoms with E-state index in [1.165, 1.54) is 11.7 Å². The molecule has 1 heterocycles. The summed E-state index contributed by atoms with van der Waals surface area (Å²) in [6, 6.07) is 7.53. The average molecular weight is 296 g/mol. The standard InChI is InChI=1S/C12H16N4O3S/c1-9-5-3-4-6-10(9)11-14-15-12(20(13,17)18)16(11)7-8-19-2/h3-6H,7-8H2,1-2H3,(H2,13,17,18). The van der Waals surface area contributed by atoms with Crippen molar-refractivity contribution < 1.29 is 13.2 Å². The molecule has 2 aromatic rings. The second-order valence-electron chi connectivity index (χ2n) is 4.31. The number of primary sulfonamides is 1. The zero-order valence-electron chi connectivity index (χ0n) is 11.3. The highest BCUT2D eigenvalue weighted by molar-refractivity contribution is 7.89. The van der Waals surface area contributed by atoms with Crippen LogP contribution in [0.15, 0.2) is 29.4 Å². The molecule has 1 aromatic carbocycles. The Morgan fingerprint density at radius 2 is 2.00 bits per heavy atom. The van der Waals surface area contributed by atoms with Crippen LogP contribution in [0.4, 0.5) is 0 Å². The molecular weight excluding hydrogens is 280 g/mol. The maximum absolute atomic E-state index is 11.6. The van der Waals surface area contributed by atoms with Crippen molar-refractivity contribution in [3.63, 3.8) is 0 Å². The van der Waals surface area contributed by atoms with Crippen LogP contribution in [-0.4, -0.2) is 36.9 Å². The van der Waals surface area contributed by atoms with Crippen LogP contribution >= 0.6 is 0 Å². The molecule has 0 saturated carbocycles. The number of aryl methyl sites for hydroxylation is 1. The SMILES string of the molecule is COCCn1c(-c2ccccc2C)nnc1S(N)(=O)=O. The zero-order valence-corrected chi connectivity index (χ0v) is 12.1. The highest BCUT2D eigenvalue weighted by Crippen LogP contribution is 2.23. The van der Waals surface area contributed by atoms with Gasteiger partial charge >= 0.3 is 0 Å². The number of rotatable bonds is 5. The number of benzene rings is 1. The molecule has 1 aromatic heterocycles. The van der Waals surface area contributed by atoms with Gasteiger partial charge in [0.25, 0.3) is 15.2 Å². The third-order valence-electron chi connectivity index (χ3n) is 2.88. The van der Waals surface area contributed by atoms with Gasteiger partial charge in [-0.1, -0.05) is 24.3 Å². The quantitative estimate of drug-likeness (QED) is 0.868. The highest BCUT2D eigenvalue weighted by Gasteiger charge is 2.22. The Morgan fingerprint density at radius 3 is 2.60 bits per heavy atom. The number of nitrogens with zero attached hydrogens (tertiary/aromatic N) is 3. The van der Waals surface area contributed by atoms with Crippen LogP contribution in [0, 0.1) is 6.92 Å². The summed E-state index contributed by atoms with van der Waals surface area (Å²) in [4.78, 5) is 0. The van der Waals surface area contributed by atoms with Gasteiger partial charge in [0.05, 0.1) is 13.2 Å².